The molecule has 2 N–H and O–H groups in total. The number of carboxylic acid groups (broad SMARTS) is 1. The molecule has 5 nitrogen and oxygen atoms in total. The largest absolute Gasteiger partial charge is 0.486 e. The molecule has 3 aromatic rings. The number of benzene rings is 2. The summed E-state index contributed by atoms with van der Waals surface area (Å²) in [6.07, 6.45) is 3.64. The van der Waals surface area contributed by atoms with E-state index in [9.17, 15) is 4.79 Å². The maximum Gasteiger partial charge on any atom is 0.304 e. The Balaban J connectivity index is 1.84. The fourth-order valence-corrected chi connectivity index (χ4v) is 3.60. The van der Waals surface area contributed by atoms with Gasteiger partial charge in [0.25, 0.3) is 0 Å². The Hall–Kier alpha value is -3.26. The molecule has 3 rings (SSSR count). The normalized spacial score (nSPS) is 12.8. The second kappa shape index (κ2) is 9.29. The number of H-pyrrole nitrogens is 1. The molecule has 0 saturated carbocycles. The molecule has 2 unspecified atom stereocenters. The van der Waals surface area contributed by atoms with E-state index in [-0.39, 0.29) is 18.4 Å². The van der Waals surface area contributed by atoms with Crippen molar-refractivity contribution in [2.75, 3.05) is 0 Å². The fourth-order valence-electron chi connectivity index (χ4n) is 3.60. The van der Waals surface area contributed by atoms with Crippen molar-refractivity contribution in [3.8, 4) is 17.6 Å². The average molecular weight is 390 g/mol. The number of hydrogen-bond donors (Lipinski definition) is 2. The average Bonchev–Trinajstić information content (AvgIpc) is 3.18. The molecule has 1 heterocycles. The predicted molar refractivity (Wildman–Crippen MR) is 114 cm³/mol. The molecule has 150 valence electrons. The lowest BCUT2D eigenvalue weighted by Crippen LogP contribution is -2.10. The number of hydrogen-bond acceptors (Lipinski definition) is 3. The van der Waals surface area contributed by atoms with Crippen LogP contribution >= 0.6 is 0 Å². The number of nitrogens with one attached hydrogen (secondary N) is 1. The molecule has 2 atom stereocenters. The van der Waals surface area contributed by atoms with Crippen molar-refractivity contribution in [1.82, 2.24) is 10.2 Å². The van der Waals surface area contributed by atoms with E-state index in [0.717, 1.165) is 46.2 Å². The lowest BCUT2D eigenvalue weighted by Gasteiger charge is -2.21. The summed E-state index contributed by atoms with van der Waals surface area (Å²) in [4.78, 5) is 11.1. The van der Waals surface area contributed by atoms with Gasteiger partial charge in [-0.3, -0.25) is 9.89 Å². The Kier molecular flexibility index (Phi) is 6.56. The number of fused-ring (bicyclic) bond motifs is 1. The molecule has 0 radical (unpaired) electrons. The number of carbonyl (C=O) groups is 1. The minimum Gasteiger partial charge on any atom is -0.486 e. The number of carboxylic acids is 1. The summed E-state index contributed by atoms with van der Waals surface area (Å²) in [5.74, 6) is 5.39. The first-order chi connectivity index (χ1) is 14.0. The predicted octanol–water partition coefficient (Wildman–Crippen LogP) is 5.37. The second-order valence-electron chi connectivity index (χ2n) is 7.12. The molecule has 0 spiro atoms. The highest BCUT2D eigenvalue weighted by Gasteiger charge is 2.18. The van der Waals surface area contributed by atoms with Crippen LogP contribution in [0.1, 0.15) is 61.8 Å². The van der Waals surface area contributed by atoms with Gasteiger partial charge in [0, 0.05) is 5.39 Å². The molecular weight excluding hydrogens is 364 g/mol. The van der Waals surface area contributed by atoms with Crippen LogP contribution in [0.5, 0.6) is 5.75 Å². The van der Waals surface area contributed by atoms with Gasteiger partial charge in [-0.2, -0.15) is 5.10 Å². The molecule has 2 aromatic carbocycles. The Morgan fingerprint density at radius 2 is 2.00 bits per heavy atom. The summed E-state index contributed by atoms with van der Waals surface area (Å²) in [5, 5.41) is 17.4. The van der Waals surface area contributed by atoms with Crippen molar-refractivity contribution in [2.45, 2.75) is 52.1 Å². The highest BCUT2D eigenvalue weighted by atomic mass is 16.5. The topological polar surface area (TPSA) is 75.2 Å². The summed E-state index contributed by atoms with van der Waals surface area (Å²) in [6, 6.07) is 11.8. The first-order valence-corrected chi connectivity index (χ1v) is 9.86. The van der Waals surface area contributed by atoms with Gasteiger partial charge >= 0.3 is 5.97 Å². The maximum atomic E-state index is 11.1. The van der Waals surface area contributed by atoms with Gasteiger partial charge in [0.2, 0.25) is 0 Å². The minimum atomic E-state index is -0.856. The van der Waals surface area contributed by atoms with Gasteiger partial charge in [-0.25, -0.2) is 0 Å². The summed E-state index contributed by atoms with van der Waals surface area (Å²) in [6.45, 7) is 5.95. The lowest BCUT2D eigenvalue weighted by molar-refractivity contribution is -0.137. The number of aromatic amines is 1. The van der Waals surface area contributed by atoms with Gasteiger partial charge in [0.1, 0.15) is 11.9 Å². The minimum absolute atomic E-state index is 0.0110. The molecule has 0 aliphatic heterocycles. The van der Waals surface area contributed by atoms with Crippen molar-refractivity contribution in [2.24, 2.45) is 0 Å². The zero-order chi connectivity index (χ0) is 20.8. The van der Waals surface area contributed by atoms with Crippen molar-refractivity contribution in [3.63, 3.8) is 0 Å². The Bertz CT molecular complexity index is 1040. The van der Waals surface area contributed by atoms with Gasteiger partial charge in [0.15, 0.2) is 0 Å². The fraction of sp³-hybridized carbons (Fsp3) is 0.333. The van der Waals surface area contributed by atoms with Crippen molar-refractivity contribution in [3.05, 3.63) is 59.3 Å². The molecule has 0 bridgehead atoms. The van der Waals surface area contributed by atoms with Crippen LogP contribution in [0.4, 0.5) is 0 Å². The van der Waals surface area contributed by atoms with E-state index in [1.807, 2.05) is 30.5 Å². The summed E-state index contributed by atoms with van der Waals surface area (Å²) < 4.78 is 6.34. The molecule has 1 aromatic heterocycles. The van der Waals surface area contributed by atoms with E-state index < -0.39 is 5.97 Å². The number of nitrogens with zero attached hydrogens (tertiary/aromatic N) is 1. The van der Waals surface area contributed by atoms with Crippen LogP contribution in [0.25, 0.3) is 10.9 Å². The van der Waals surface area contributed by atoms with Crippen LogP contribution < -0.4 is 4.74 Å². The van der Waals surface area contributed by atoms with Gasteiger partial charge < -0.3 is 9.84 Å². The van der Waals surface area contributed by atoms with Crippen LogP contribution in [0.3, 0.4) is 0 Å². The molecule has 0 aliphatic rings. The molecule has 5 heteroatoms. The first kappa shape index (κ1) is 20.5. The quantitative estimate of drug-likeness (QED) is 0.507. The van der Waals surface area contributed by atoms with Crippen molar-refractivity contribution in [1.29, 1.82) is 0 Å². The number of rotatable bonds is 8. The van der Waals surface area contributed by atoms with Crippen molar-refractivity contribution < 1.29 is 14.6 Å². The Labute approximate surface area is 171 Å². The standard InChI is InChI=1S/C24H26N2O3/c1-4-6-18(14-23(27)28)17-8-11-20(12-9-17)29-22(7-5-2)21-13-10-19-15-25-26-24(19)16(21)3/h8-13,15,18,22H,5,7,14H2,1-3H3,(H,25,26)(H,27,28). The van der Waals surface area contributed by atoms with E-state index in [4.69, 9.17) is 9.84 Å². The number of aromatic nitrogens is 2. The van der Waals surface area contributed by atoms with Crippen LogP contribution in [-0.2, 0) is 4.79 Å². The third kappa shape index (κ3) is 4.78. The van der Waals surface area contributed by atoms with Gasteiger partial charge in [0.05, 0.1) is 24.1 Å². The van der Waals surface area contributed by atoms with E-state index in [1.54, 1.807) is 6.92 Å². The molecular formula is C24H26N2O3. The Morgan fingerprint density at radius 1 is 1.24 bits per heavy atom. The molecule has 0 amide bonds. The summed E-state index contributed by atoms with van der Waals surface area (Å²) >= 11 is 0. The Morgan fingerprint density at radius 3 is 2.66 bits per heavy atom. The third-order valence-electron chi connectivity index (χ3n) is 5.07. The number of aryl methyl sites for hydroxylation is 1. The monoisotopic (exact) mass is 390 g/mol. The first-order valence-electron chi connectivity index (χ1n) is 9.86. The smallest absolute Gasteiger partial charge is 0.304 e. The van der Waals surface area contributed by atoms with Gasteiger partial charge in [-0.15, -0.1) is 5.92 Å². The van der Waals surface area contributed by atoms with E-state index in [0.29, 0.717) is 0 Å². The SMILES string of the molecule is CC#CC(CC(=O)O)c1ccc(OC(CCC)c2ccc3cn[nH]c3c2C)cc1. The second-order valence-corrected chi connectivity index (χ2v) is 7.12. The zero-order valence-corrected chi connectivity index (χ0v) is 17.0. The molecule has 0 saturated heterocycles. The highest BCUT2D eigenvalue weighted by Crippen LogP contribution is 2.32. The van der Waals surface area contributed by atoms with Crippen LogP contribution in [0.2, 0.25) is 0 Å². The highest BCUT2D eigenvalue weighted by molar-refractivity contribution is 5.82. The third-order valence-corrected chi connectivity index (χ3v) is 5.07. The van der Waals surface area contributed by atoms with E-state index >= 15 is 0 Å². The lowest BCUT2D eigenvalue weighted by atomic mass is 9.96. The van der Waals surface area contributed by atoms with E-state index in [2.05, 4.69) is 48.0 Å². The van der Waals surface area contributed by atoms with Crippen LogP contribution in [0, 0.1) is 18.8 Å². The zero-order valence-electron chi connectivity index (χ0n) is 17.0. The van der Waals surface area contributed by atoms with Gasteiger partial charge in [-0.1, -0.05) is 43.5 Å². The molecule has 0 fully saturated rings. The van der Waals surface area contributed by atoms with Crippen molar-refractivity contribution >= 4 is 16.9 Å². The van der Waals surface area contributed by atoms with E-state index in [1.165, 1.54) is 0 Å². The van der Waals surface area contributed by atoms with Crippen LogP contribution in [0.15, 0.2) is 42.6 Å². The molecule has 0 aliphatic carbocycles. The van der Waals surface area contributed by atoms with Gasteiger partial charge in [-0.05, 0) is 49.1 Å². The summed E-state index contributed by atoms with van der Waals surface area (Å²) in [7, 11) is 0. The summed E-state index contributed by atoms with van der Waals surface area (Å²) in [5.41, 5.74) is 4.22. The number of aliphatic carboxylic acids is 1. The number of ether oxygens (including phenoxy) is 1. The van der Waals surface area contributed by atoms with Crippen LogP contribution in [-0.4, -0.2) is 21.3 Å². The molecule has 29 heavy (non-hydrogen) atoms. The maximum absolute atomic E-state index is 11.1.